The molecule has 0 spiro atoms. The van der Waals surface area contributed by atoms with Crippen LogP contribution < -0.4 is 0 Å². The first-order valence-electron chi connectivity index (χ1n) is 12.5. The number of nitrogens with zero attached hydrogens (tertiary/aromatic N) is 4. The second-order valence-electron chi connectivity index (χ2n) is 9.46. The Kier molecular flexibility index (Phi) is 5.59. The number of fused-ring (bicyclic) bond motifs is 4. The van der Waals surface area contributed by atoms with Gasteiger partial charge in [0, 0.05) is 16.7 Å². The summed E-state index contributed by atoms with van der Waals surface area (Å²) in [6.07, 6.45) is 19.0. The Bertz CT molecular complexity index is 1990. The van der Waals surface area contributed by atoms with Crippen LogP contribution in [0.15, 0.2) is 163 Å². The van der Waals surface area contributed by atoms with Crippen molar-refractivity contribution in [2.75, 3.05) is 0 Å². The number of aliphatic imine (C=N–C) groups is 4. The third-order valence-corrected chi connectivity index (χ3v) is 7.61. The first kappa shape index (κ1) is 24.0. The molecule has 192 valence electrons. The summed E-state index contributed by atoms with van der Waals surface area (Å²) in [5.74, 6) is 0. The highest BCUT2D eigenvalue weighted by Gasteiger charge is 2.24. The van der Waals surface area contributed by atoms with Crippen molar-refractivity contribution in [3.05, 3.63) is 149 Å². The minimum absolute atomic E-state index is 0.188. The maximum absolute atomic E-state index is 12.2. The summed E-state index contributed by atoms with van der Waals surface area (Å²) in [7, 11) is -4.47. The summed E-state index contributed by atoms with van der Waals surface area (Å²) < 4.78 is 34.4. The summed E-state index contributed by atoms with van der Waals surface area (Å²) in [6.45, 7) is 0. The van der Waals surface area contributed by atoms with E-state index in [9.17, 15) is 13.0 Å². The van der Waals surface area contributed by atoms with Crippen molar-refractivity contribution < 1.29 is 13.0 Å². The third kappa shape index (κ3) is 4.55. The van der Waals surface area contributed by atoms with E-state index in [1.807, 2.05) is 78.9 Å². The van der Waals surface area contributed by atoms with Gasteiger partial charge in [0.1, 0.15) is 4.90 Å². The Morgan fingerprint density at radius 3 is 2.00 bits per heavy atom. The van der Waals surface area contributed by atoms with E-state index in [0.717, 1.165) is 34.0 Å². The molecular weight excluding hydrogens is 520 g/mol. The van der Waals surface area contributed by atoms with Crippen LogP contribution in [0.2, 0.25) is 0 Å². The lowest BCUT2D eigenvalue weighted by molar-refractivity contribution is 0.483. The first-order valence-corrected chi connectivity index (χ1v) is 14.0. The van der Waals surface area contributed by atoms with Crippen molar-refractivity contribution in [2.45, 2.75) is 4.90 Å². The molecular formula is C32H20N4O3S. The molecule has 0 radical (unpaired) electrons. The zero-order valence-electron chi connectivity index (χ0n) is 20.9. The lowest BCUT2D eigenvalue weighted by Crippen LogP contribution is -2.05. The molecule has 0 unspecified atom stereocenters. The smallest absolute Gasteiger partial charge is 0.282 e. The average molecular weight is 541 g/mol. The lowest BCUT2D eigenvalue weighted by atomic mass is 10.0. The van der Waals surface area contributed by atoms with Crippen LogP contribution in [-0.4, -0.2) is 35.8 Å². The number of hydrogen-bond donors (Lipinski definition) is 1. The van der Waals surface area contributed by atoms with Gasteiger partial charge >= 0.3 is 0 Å². The predicted octanol–water partition coefficient (Wildman–Crippen LogP) is 5.88. The quantitative estimate of drug-likeness (QED) is 0.492. The molecule has 5 heterocycles. The van der Waals surface area contributed by atoms with Crippen LogP contribution >= 0.6 is 0 Å². The molecule has 5 aliphatic heterocycles. The van der Waals surface area contributed by atoms with E-state index < -0.39 is 10.1 Å². The molecule has 1 N–H and O–H groups in total. The standard InChI is InChI=1S/C32H20N4O3S/c37-40(38,39)32-9-5-4-8-27(32)29-17-26-15-25-16-28(20-6-2-1-3-7-20)30(35-25)18-23-12-10-21(33-23)14-22-11-13-24(34-22)19-31(29)36-26/h1-19H,(H,37,38,39). The predicted molar refractivity (Wildman–Crippen MR) is 159 cm³/mol. The largest absolute Gasteiger partial charge is 0.295 e. The van der Waals surface area contributed by atoms with Crippen molar-refractivity contribution in [1.29, 1.82) is 0 Å². The van der Waals surface area contributed by atoms with Crippen LogP contribution in [0.3, 0.4) is 0 Å². The Hall–Kier alpha value is -5.05. The fourth-order valence-corrected chi connectivity index (χ4v) is 5.65. The zero-order chi connectivity index (χ0) is 27.3. The molecule has 8 heteroatoms. The van der Waals surface area contributed by atoms with Crippen LogP contribution in [0.25, 0.3) is 11.1 Å². The van der Waals surface area contributed by atoms with Crippen molar-refractivity contribution in [2.24, 2.45) is 20.0 Å². The highest BCUT2D eigenvalue weighted by atomic mass is 32.2. The Morgan fingerprint density at radius 2 is 1.23 bits per heavy atom. The molecule has 5 aliphatic rings. The third-order valence-electron chi connectivity index (χ3n) is 6.70. The fourth-order valence-electron chi connectivity index (χ4n) is 4.95. The van der Waals surface area contributed by atoms with Crippen LogP contribution in [0, 0.1) is 0 Å². The second-order valence-corrected chi connectivity index (χ2v) is 10.9. The highest BCUT2D eigenvalue weighted by molar-refractivity contribution is 7.86. The normalized spacial score (nSPS) is 19.1. The minimum Gasteiger partial charge on any atom is -0.282 e. The zero-order valence-corrected chi connectivity index (χ0v) is 21.7. The molecule has 2 aromatic carbocycles. The molecule has 8 bridgehead atoms. The van der Waals surface area contributed by atoms with Gasteiger partial charge in [-0.15, -0.1) is 0 Å². The van der Waals surface area contributed by atoms with Crippen LogP contribution in [0.5, 0.6) is 0 Å². The van der Waals surface area contributed by atoms with Gasteiger partial charge in [-0.1, -0.05) is 48.5 Å². The molecule has 7 nitrogen and oxygen atoms in total. The Labute approximate surface area is 230 Å². The van der Waals surface area contributed by atoms with Gasteiger partial charge in [-0.3, -0.25) is 4.55 Å². The number of allylic oxidation sites excluding steroid dienone is 12. The van der Waals surface area contributed by atoms with Gasteiger partial charge in [0.2, 0.25) is 0 Å². The number of benzene rings is 2. The first-order chi connectivity index (χ1) is 19.4. The maximum Gasteiger partial charge on any atom is 0.295 e. The molecule has 2 aromatic rings. The van der Waals surface area contributed by atoms with E-state index >= 15 is 0 Å². The topological polar surface area (TPSA) is 104 Å². The van der Waals surface area contributed by atoms with Crippen molar-refractivity contribution in [3.8, 4) is 0 Å². The van der Waals surface area contributed by atoms with Crippen molar-refractivity contribution in [1.82, 2.24) is 0 Å². The van der Waals surface area contributed by atoms with Gasteiger partial charge in [-0.2, -0.15) is 8.42 Å². The van der Waals surface area contributed by atoms with Crippen molar-refractivity contribution in [3.63, 3.8) is 0 Å². The summed E-state index contributed by atoms with van der Waals surface area (Å²) in [5.41, 5.74) is 8.44. The SMILES string of the molecule is O=S(=O)(O)c1ccccc1C1=CC2=CC3=NC(=CC4=NC(=CC5=NC(=CC1=N2)C=C5)C=C4)C(c1ccccc1)=C3. The van der Waals surface area contributed by atoms with Crippen LogP contribution in [-0.2, 0) is 10.1 Å². The molecule has 0 aromatic heterocycles. The summed E-state index contributed by atoms with van der Waals surface area (Å²) in [5, 5.41) is 0. The van der Waals surface area contributed by atoms with E-state index in [-0.39, 0.29) is 4.90 Å². The second kappa shape index (κ2) is 9.30. The van der Waals surface area contributed by atoms with E-state index in [0.29, 0.717) is 34.0 Å². The van der Waals surface area contributed by atoms with Gasteiger partial charge in [-0.05, 0) is 72.4 Å². The molecule has 0 fully saturated rings. The molecule has 0 amide bonds. The van der Waals surface area contributed by atoms with Gasteiger partial charge in [-0.25, -0.2) is 20.0 Å². The van der Waals surface area contributed by atoms with Gasteiger partial charge in [0.15, 0.2) is 0 Å². The Balaban J connectivity index is 1.43. The Morgan fingerprint density at radius 1 is 0.550 bits per heavy atom. The van der Waals surface area contributed by atoms with E-state index in [4.69, 9.17) is 15.0 Å². The molecule has 40 heavy (non-hydrogen) atoms. The summed E-state index contributed by atoms with van der Waals surface area (Å²) in [6, 6.07) is 16.3. The van der Waals surface area contributed by atoms with E-state index in [1.54, 1.807) is 30.4 Å². The molecule has 0 atom stereocenters. The van der Waals surface area contributed by atoms with E-state index in [2.05, 4.69) is 4.99 Å². The monoisotopic (exact) mass is 540 g/mol. The molecule has 0 aliphatic carbocycles. The average Bonchev–Trinajstić information content (AvgIpc) is 3.73. The highest BCUT2D eigenvalue weighted by Crippen LogP contribution is 2.34. The molecule has 7 rings (SSSR count). The summed E-state index contributed by atoms with van der Waals surface area (Å²) in [4.78, 5) is 18.9. The molecule has 0 saturated carbocycles. The van der Waals surface area contributed by atoms with Crippen molar-refractivity contribution >= 4 is 44.1 Å². The molecule has 0 saturated heterocycles. The van der Waals surface area contributed by atoms with Gasteiger partial charge in [0.25, 0.3) is 10.1 Å². The summed E-state index contributed by atoms with van der Waals surface area (Å²) >= 11 is 0. The van der Waals surface area contributed by atoms with E-state index in [1.165, 1.54) is 6.07 Å². The lowest BCUT2D eigenvalue weighted by Gasteiger charge is -2.08. The fraction of sp³-hybridized carbons (Fsp3) is 0. The minimum atomic E-state index is -4.47. The maximum atomic E-state index is 12.2. The van der Waals surface area contributed by atoms with Crippen LogP contribution in [0.1, 0.15) is 11.1 Å². The number of hydrogen-bond acceptors (Lipinski definition) is 6. The van der Waals surface area contributed by atoms with Gasteiger partial charge in [0.05, 0.1) is 45.6 Å². The van der Waals surface area contributed by atoms with Crippen LogP contribution in [0.4, 0.5) is 0 Å². The van der Waals surface area contributed by atoms with Gasteiger partial charge < -0.3 is 0 Å². The number of rotatable bonds is 3.